The van der Waals surface area contributed by atoms with Crippen LogP contribution >= 0.6 is 0 Å². The number of benzene rings is 3. The minimum Gasteiger partial charge on any atom is -0.508 e. The number of phenols is 1. The second kappa shape index (κ2) is 14.8. The molecule has 5 rings (SSSR count). The van der Waals surface area contributed by atoms with E-state index in [9.17, 15) is 37.5 Å². The van der Waals surface area contributed by atoms with Crippen LogP contribution in [-0.4, -0.2) is 69.3 Å². The van der Waals surface area contributed by atoms with Gasteiger partial charge in [0.2, 0.25) is 23.6 Å². The van der Waals surface area contributed by atoms with Gasteiger partial charge in [-0.15, -0.1) is 0 Å². The number of likely N-dealkylation sites (tertiary alicyclic amines) is 1. The molecule has 0 unspecified atom stereocenters. The highest BCUT2D eigenvalue weighted by atomic mass is 19.4. The zero-order chi connectivity index (χ0) is 35.3. The molecule has 4 aromatic rings. The molecule has 0 saturated carbocycles. The van der Waals surface area contributed by atoms with E-state index in [0.717, 1.165) is 6.07 Å². The van der Waals surface area contributed by atoms with Crippen molar-refractivity contribution in [3.8, 4) is 5.75 Å². The highest BCUT2D eigenvalue weighted by Crippen LogP contribution is 2.35. The number of carbonyl (C=O) groups excluding carboxylic acids is 4. The normalized spacial score (nSPS) is 16.6. The van der Waals surface area contributed by atoms with Crippen molar-refractivity contribution in [1.29, 1.82) is 0 Å². The van der Waals surface area contributed by atoms with Gasteiger partial charge in [0.25, 0.3) is 0 Å². The summed E-state index contributed by atoms with van der Waals surface area (Å²) in [6, 6.07) is 14.2. The number of H-pyrrole nitrogens is 1. The molecule has 4 atom stereocenters. The molecule has 8 N–H and O–H groups in total. The summed E-state index contributed by atoms with van der Waals surface area (Å²) in [7, 11) is 0. The number of aromatic hydroxyl groups is 1. The number of nitrogens with zero attached hydrogens (tertiary/aromatic N) is 1. The molecular formula is C35H37F3N6O5. The van der Waals surface area contributed by atoms with E-state index >= 15 is 0 Å². The third kappa shape index (κ3) is 8.38. The summed E-state index contributed by atoms with van der Waals surface area (Å²) >= 11 is 0. The van der Waals surface area contributed by atoms with E-state index in [1.165, 1.54) is 35.4 Å². The van der Waals surface area contributed by atoms with Crippen LogP contribution in [0.5, 0.6) is 5.75 Å². The number of amides is 4. The van der Waals surface area contributed by atoms with Crippen LogP contribution in [-0.2, 0) is 44.6 Å². The number of carbonyl (C=O) groups is 4. The van der Waals surface area contributed by atoms with Crippen molar-refractivity contribution in [2.75, 3.05) is 6.54 Å². The number of phenolic OH excluding ortho intramolecular Hbond substituents is 1. The Balaban J connectivity index is 1.38. The maximum absolute atomic E-state index is 13.8. The summed E-state index contributed by atoms with van der Waals surface area (Å²) in [5.74, 6) is -2.67. The molecule has 49 heavy (non-hydrogen) atoms. The maximum atomic E-state index is 13.8. The molecule has 258 valence electrons. The van der Waals surface area contributed by atoms with Crippen LogP contribution in [0.1, 0.15) is 35.1 Å². The summed E-state index contributed by atoms with van der Waals surface area (Å²) in [5.41, 5.74) is 12.5. The molecule has 1 aliphatic rings. The fraction of sp³-hybridized carbons (Fsp3) is 0.314. The molecule has 4 amide bonds. The smallest absolute Gasteiger partial charge is 0.418 e. The Bertz CT molecular complexity index is 1810. The molecule has 0 bridgehead atoms. The first-order chi connectivity index (χ1) is 23.3. The molecule has 1 fully saturated rings. The van der Waals surface area contributed by atoms with E-state index in [1.54, 1.807) is 42.5 Å². The lowest BCUT2D eigenvalue weighted by Gasteiger charge is -2.29. The van der Waals surface area contributed by atoms with Gasteiger partial charge in [0.15, 0.2) is 0 Å². The first-order valence-corrected chi connectivity index (χ1v) is 15.8. The van der Waals surface area contributed by atoms with E-state index in [2.05, 4.69) is 15.6 Å². The summed E-state index contributed by atoms with van der Waals surface area (Å²) in [5, 5.41) is 15.0. The number of halogens is 3. The molecule has 11 nitrogen and oxygen atoms in total. The van der Waals surface area contributed by atoms with Gasteiger partial charge in [0.05, 0.1) is 17.1 Å². The highest BCUT2D eigenvalue weighted by molar-refractivity contribution is 5.96. The van der Waals surface area contributed by atoms with Gasteiger partial charge in [0.1, 0.15) is 23.9 Å². The number of fused-ring (bicyclic) bond motifs is 1. The van der Waals surface area contributed by atoms with E-state index in [-0.39, 0.29) is 48.9 Å². The number of aromatic amines is 1. The number of nitrogens with two attached hydrogens (primary N) is 2. The van der Waals surface area contributed by atoms with Gasteiger partial charge in [-0.25, -0.2) is 0 Å². The van der Waals surface area contributed by atoms with Crippen molar-refractivity contribution < 1.29 is 37.5 Å². The van der Waals surface area contributed by atoms with Gasteiger partial charge in [-0.3, -0.25) is 19.2 Å². The molecule has 1 aromatic heterocycles. The van der Waals surface area contributed by atoms with Crippen LogP contribution in [0.3, 0.4) is 0 Å². The number of rotatable bonds is 12. The van der Waals surface area contributed by atoms with Crippen LogP contribution in [0.15, 0.2) is 79.0 Å². The zero-order valence-electron chi connectivity index (χ0n) is 26.4. The lowest BCUT2D eigenvalue weighted by atomic mass is 10.0. The number of hydrogen-bond acceptors (Lipinski definition) is 6. The fourth-order valence-electron chi connectivity index (χ4n) is 6.15. The Hall–Kier alpha value is -5.37. The Morgan fingerprint density at radius 1 is 0.898 bits per heavy atom. The van der Waals surface area contributed by atoms with Gasteiger partial charge in [0, 0.05) is 31.0 Å². The van der Waals surface area contributed by atoms with Crippen molar-refractivity contribution >= 4 is 34.5 Å². The lowest BCUT2D eigenvalue weighted by molar-refractivity contribution is -0.140. The van der Waals surface area contributed by atoms with Crippen molar-refractivity contribution in [3.63, 3.8) is 0 Å². The first-order valence-electron chi connectivity index (χ1n) is 15.8. The summed E-state index contributed by atoms with van der Waals surface area (Å²) in [6.07, 6.45) is -2.53. The van der Waals surface area contributed by atoms with Crippen LogP contribution in [0.25, 0.3) is 10.9 Å². The van der Waals surface area contributed by atoms with Crippen molar-refractivity contribution in [2.45, 2.75) is 62.4 Å². The van der Waals surface area contributed by atoms with Crippen LogP contribution < -0.4 is 22.1 Å². The molecule has 1 aliphatic heterocycles. The molecule has 0 aliphatic carbocycles. The third-order valence-electron chi connectivity index (χ3n) is 8.65. The molecule has 0 spiro atoms. The molecule has 14 heteroatoms. The second-order valence-corrected chi connectivity index (χ2v) is 12.1. The van der Waals surface area contributed by atoms with Crippen molar-refractivity contribution in [1.82, 2.24) is 20.5 Å². The van der Waals surface area contributed by atoms with Gasteiger partial charge in [-0.1, -0.05) is 54.6 Å². The Kier molecular flexibility index (Phi) is 10.6. The lowest BCUT2D eigenvalue weighted by Crippen LogP contribution is -2.58. The van der Waals surface area contributed by atoms with Gasteiger partial charge in [-0.05, 0) is 54.2 Å². The summed E-state index contributed by atoms with van der Waals surface area (Å²) in [6.45, 7) is 0.251. The van der Waals surface area contributed by atoms with E-state index in [4.69, 9.17) is 11.5 Å². The fourth-order valence-corrected chi connectivity index (χ4v) is 6.15. The number of primary amides is 1. The van der Waals surface area contributed by atoms with Crippen LogP contribution in [0, 0.1) is 0 Å². The molecule has 2 heterocycles. The topological polar surface area (TPSA) is 184 Å². The average Bonchev–Trinajstić information content (AvgIpc) is 3.72. The number of para-hydroxylation sites is 1. The van der Waals surface area contributed by atoms with Crippen molar-refractivity contribution in [3.05, 3.63) is 101 Å². The van der Waals surface area contributed by atoms with Gasteiger partial charge < -0.3 is 37.1 Å². The minimum atomic E-state index is -4.64. The molecule has 0 radical (unpaired) electrons. The predicted molar refractivity (Wildman–Crippen MR) is 175 cm³/mol. The number of aromatic nitrogens is 1. The van der Waals surface area contributed by atoms with E-state index < -0.39 is 59.5 Å². The number of alkyl halides is 3. The Labute approximate surface area is 279 Å². The highest BCUT2D eigenvalue weighted by Gasteiger charge is 2.39. The second-order valence-electron chi connectivity index (χ2n) is 12.1. The molecule has 1 saturated heterocycles. The van der Waals surface area contributed by atoms with Crippen LogP contribution in [0.4, 0.5) is 13.2 Å². The first kappa shape index (κ1) is 35.0. The summed E-state index contributed by atoms with van der Waals surface area (Å²) in [4.78, 5) is 57.4. The number of nitrogens with one attached hydrogen (secondary N) is 3. The van der Waals surface area contributed by atoms with Crippen molar-refractivity contribution in [2.24, 2.45) is 11.5 Å². The largest absolute Gasteiger partial charge is 0.508 e. The Morgan fingerprint density at radius 3 is 2.27 bits per heavy atom. The monoisotopic (exact) mass is 678 g/mol. The molecular weight excluding hydrogens is 641 g/mol. The quantitative estimate of drug-likeness (QED) is 0.134. The van der Waals surface area contributed by atoms with Gasteiger partial charge >= 0.3 is 6.18 Å². The van der Waals surface area contributed by atoms with Gasteiger partial charge in [-0.2, -0.15) is 13.2 Å². The van der Waals surface area contributed by atoms with E-state index in [0.29, 0.717) is 23.1 Å². The predicted octanol–water partition coefficient (Wildman–Crippen LogP) is 2.69. The standard InChI is InChI=1S/C35H37F3N6O5/c36-35(37,38)25-9-4-8-24-22(19-41-30(24)25)18-28(32(47)42-27(31(40)46)17-20-6-2-1-3-7-20)43-33(48)29-10-5-15-44(29)34(49)26(39)16-21-11-13-23(45)14-12-21/h1-4,6-9,11-14,19,26-29,41,45H,5,10,15-18,39H2,(H2,40,46)(H,42,47)(H,43,48)/t26-,27+,28+,29+/m1/s1. The minimum absolute atomic E-state index is 0.0639. The van der Waals surface area contributed by atoms with E-state index in [1.807, 2.05) is 0 Å². The SMILES string of the molecule is NC(=O)[C@H](Cc1ccccc1)NC(=O)[C@H](Cc1c[nH]c2c(C(F)(F)F)cccc12)NC(=O)[C@@H]1CCCN1C(=O)[C@H](N)Cc1ccc(O)cc1. The average molecular weight is 679 g/mol. The summed E-state index contributed by atoms with van der Waals surface area (Å²) < 4.78 is 41.2. The molecule has 3 aromatic carbocycles. The van der Waals surface area contributed by atoms with Crippen LogP contribution in [0.2, 0.25) is 0 Å². The number of hydrogen-bond donors (Lipinski definition) is 6. The third-order valence-corrected chi connectivity index (χ3v) is 8.65. The maximum Gasteiger partial charge on any atom is 0.418 e. The Morgan fingerprint density at radius 2 is 1.59 bits per heavy atom. The zero-order valence-corrected chi connectivity index (χ0v) is 26.4.